The normalized spacial score (nSPS) is 29.8. The number of hydrogen-bond donors (Lipinski definition) is 0. The van der Waals surface area contributed by atoms with Gasteiger partial charge in [0.1, 0.15) is 0 Å². The SMILES string of the molecule is [CH]N1CCC(N2CCCC2)CC1. The van der Waals surface area contributed by atoms with Gasteiger partial charge in [-0.1, -0.05) is 0 Å². The lowest BCUT2D eigenvalue weighted by atomic mass is 10.0. The van der Waals surface area contributed by atoms with Gasteiger partial charge < -0.3 is 4.90 Å². The number of piperidine rings is 1. The van der Waals surface area contributed by atoms with E-state index in [0.717, 1.165) is 19.1 Å². The molecule has 0 saturated carbocycles. The van der Waals surface area contributed by atoms with E-state index in [4.69, 9.17) is 7.05 Å². The molecule has 0 aliphatic carbocycles. The summed E-state index contributed by atoms with van der Waals surface area (Å²) in [6.45, 7) is 4.83. The Morgan fingerprint density at radius 3 is 2.08 bits per heavy atom. The molecule has 2 rings (SSSR count). The van der Waals surface area contributed by atoms with Crippen molar-refractivity contribution in [2.24, 2.45) is 0 Å². The van der Waals surface area contributed by atoms with Crippen molar-refractivity contribution in [2.45, 2.75) is 31.7 Å². The van der Waals surface area contributed by atoms with E-state index >= 15 is 0 Å². The van der Waals surface area contributed by atoms with Crippen molar-refractivity contribution in [3.05, 3.63) is 7.05 Å². The van der Waals surface area contributed by atoms with Gasteiger partial charge in [0, 0.05) is 26.2 Å². The first-order valence-electron chi connectivity index (χ1n) is 5.10. The Morgan fingerprint density at radius 2 is 1.50 bits per heavy atom. The fourth-order valence-corrected chi connectivity index (χ4v) is 2.36. The molecule has 0 aromatic rings. The van der Waals surface area contributed by atoms with Crippen molar-refractivity contribution in [3.8, 4) is 0 Å². The van der Waals surface area contributed by atoms with E-state index in [-0.39, 0.29) is 0 Å². The topological polar surface area (TPSA) is 6.48 Å². The van der Waals surface area contributed by atoms with Gasteiger partial charge in [0.25, 0.3) is 0 Å². The smallest absolute Gasteiger partial charge is 0.0438 e. The average Bonchev–Trinajstić information content (AvgIpc) is 2.58. The van der Waals surface area contributed by atoms with Gasteiger partial charge in [-0.3, -0.25) is 4.90 Å². The first-order chi connectivity index (χ1) is 5.86. The summed E-state index contributed by atoms with van der Waals surface area (Å²) in [6.07, 6.45) is 5.36. The van der Waals surface area contributed by atoms with Crippen LogP contribution < -0.4 is 0 Å². The highest BCUT2D eigenvalue weighted by Gasteiger charge is 2.24. The zero-order valence-corrected chi connectivity index (χ0v) is 7.71. The summed E-state index contributed by atoms with van der Waals surface area (Å²) in [5.41, 5.74) is 0. The van der Waals surface area contributed by atoms with Crippen LogP contribution in [0.15, 0.2) is 0 Å². The second-order valence-electron chi connectivity index (χ2n) is 4.01. The van der Waals surface area contributed by atoms with Crippen molar-refractivity contribution < 1.29 is 0 Å². The minimum absolute atomic E-state index is 0.840. The van der Waals surface area contributed by atoms with Gasteiger partial charge in [0.05, 0.1) is 0 Å². The van der Waals surface area contributed by atoms with Gasteiger partial charge in [-0.15, -0.1) is 0 Å². The maximum absolute atomic E-state index is 5.71. The molecule has 0 spiro atoms. The van der Waals surface area contributed by atoms with Crippen LogP contribution in [-0.2, 0) is 0 Å². The van der Waals surface area contributed by atoms with Gasteiger partial charge in [-0.2, -0.15) is 0 Å². The highest BCUT2D eigenvalue weighted by molar-refractivity contribution is 4.81. The average molecular weight is 166 g/mol. The third-order valence-electron chi connectivity index (χ3n) is 3.16. The molecule has 0 aromatic heterocycles. The molecule has 2 nitrogen and oxygen atoms in total. The Hall–Kier alpha value is -0.0800. The van der Waals surface area contributed by atoms with Crippen molar-refractivity contribution in [1.29, 1.82) is 0 Å². The Balaban J connectivity index is 1.80. The molecule has 2 fully saturated rings. The summed E-state index contributed by atoms with van der Waals surface area (Å²) >= 11 is 0. The van der Waals surface area contributed by atoms with Gasteiger partial charge >= 0.3 is 0 Å². The summed E-state index contributed by atoms with van der Waals surface area (Å²) in [6, 6.07) is 0.840. The number of hydrogen-bond acceptors (Lipinski definition) is 2. The summed E-state index contributed by atoms with van der Waals surface area (Å²) < 4.78 is 0. The van der Waals surface area contributed by atoms with Crippen LogP contribution in [0.2, 0.25) is 0 Å². The number of rotatable bonds is 1. The Bertz CT molecular complexity index is 133. The van der Waals surface area contributed by atoms with E-state index in [1.807, 2.05) is 4.90 Å². The zero-order chi connectivity index (χ0) is 8.39. The third kappa shape index (κ3) is 1.80. The molecular formula is C10H18N2. The maximum Gasteiger partial charge on any atom is 0.0438 e. The molecule has 2 radical (unpaired) electrons. The summed E-state index contributed by atoms with van der Waals surface area (Å²) in [5.74, 6) is 0. The van der Waals surface area contributed by atoms with E-state index in [1.165, 1.54) is 38.8 Å². The van der Waals surface area contributed by atoms with E-state index in [2.05, 4.69) is 4.90 Å². The fourth-order valence-electron chi connectivity index (χ4n) is 2.36. The first-order valence-corrected chi connectivity index (χ1v) is 5.10. The highest BCUT2D eigenvalue weighted by Crippen LogP contribution is 2.20. The van der Waals surface area contributed by atoms with Crippen molar-refractivity contribution in [2.75, 3.05) is 26.2 Å². The van der Waals surface area contributed by atoms with Crippen LogP contribution in [0, 0.1) is 7.05 Å². The molecule has 2 saturated heterocycles. The second-order valence-corrected chi connectivity index (χ2v) is 4.01. The molecular weight excluding hydrogens is 148 g/mol. The Morgan fingerprint density at radius 1 is 0.917 bits per heavy atom. The fraction of sp³-hybridized carbons (Fsp3) is 0.900. The highest BCUT2D eigenvalue weighted by atomic mass is 15.2. The quantitative estimate of drug-likeness (QED) is 0.578. The second kappa shape index (κ2) is 3.75. The minimum atomic E-state index is 0.840. The Kier molecular flexibility index (Phi) is 2.66. The maximum atomic E-state index is 5.71. The van der Waals surface area contributed by atoms with Crippen molar-refractivity contribution in [3.63, 3.8) is 0 Å². The molecule has 12 heavy (non-hydrogen) atoms. The molecule has 0 amide bonds. The Labute approximate surface area is 75.5 Å². The lowest BCUT2D eigenvalue weighted by molar-refractivity contribution is 0.152. The molecule has 2 aliphatic heterocycles. The van der Waals surface area contributed by atoms with Gasteiger partial charge in [0.2, 0.25) is 0 Å². The van der Waals surface area contributed by atoms with Gasteiger partial charge in [-0.25, -0.2) is 0 Å². The van der Waals surface area contributed by atoms with E-state index in [9.17, 15) is 0 Å². The van der Waals surface area contributed by atoms with Gasteiger partial charge in [-0.05, 0) is 38.8 Å². The molecule has 2 aliphatic rings. The standard InChI is InChI=1S/C10H18N2/c1-11-8-4-10(5-9-11)12-6-2-3-7-12/h1,10H,2-9H2. The molecule has 0 N–H and O–H groups in total. The van der Waals surface area contributed by atoms with Crippen molar-refractivity contribution in [1.82, 2.24) is 9.80 Å². The predicted molar refractivity (Wildman–Crippen MR) is 49.7 cm³/mol. The molecule has 0 aromatic carbocycles. The van der Waals surface area contributed by atoms with Crippen LogP contribution in [0.4, 0.5) is 0 Å². The molecule has 2 heterocycles. The monoisotopic (exact) mass is 166 g/mol. The third-order valence-corrected chi connectivity index (χ3v) is 3.16. The van der Waals surface area contributed by atoms with E-state index in [0.29, 0.717) is 0 Å². The molecule has 0 bridgehead atoms. The molecule has 0 unspecified atom stereocenters. The van der Waals surface area contributed by atoms with Gasteiger partial charge in [0.15, 0.2) is 0 Å². The summed E-state index contributed by atoms with van der Waals surface area (Å²) in [7, 11) is 5.71. The van der Waals surface area contributed by atoms with Crippen LogP contribution in [0.5, 0.6) is 0 Å². The summed E-state index contributed by atoms with van der Waals surface area (Å²) in [4.78, 5) is 4.60. The van der Waals surface area contributed by atoms with Crippen LogP contribution in [0.25, 0.3) is 0 Å². The van der Waals surface area contributed by atoms with Crippen LogP contribution >= 0.6 is 0 Å². The predicted octanol–water partition coefficient (Wildman–Crippen LogP) is 1.22. The molecule has 68 valence electrons. The van der Waals surface area contributed by atoms with Crippen LogP contribution in [0.1, 0.15) is 25.7 Å². The number of nitrogens with zero attached hydrogens (tertiary/aromatic N) is 2. The largest absolute Gasteiger partial charge is 0.300 e. The molecule has 0 atom stereocenters. The van der Waals surface area contributed by atoms with Crippen LogP contribution in [0.3, 0.4) is 0 Å². The van der Waals surface area contributed by atoms with E-state index < -0.39 is 0 Å². The first kappa shape index (κ1) is 8.52. The van der Waals surface area contributed by atoms with E-state index in [1.54, 1.807) is 0 Å². The molecule has 2 heteroatoms. The lowest BCUT2D eigenvalue weighted by Gasteiger charge is -2.34. The number of likely N-dealkylation sites (tertiary alicyclic amines) is 2. The lowest BCUT2D eigenvalue weighted by Crippen LogP contribution is -2.41. The zero-order valence-electron chi connectivity index (χ0n) is 7.71. The van der Waals surface area contributed by atoms with Crippen LogP contribution in [-0.4, -0.2) is 42.0 Å². The summed E-state index contributed by atoms with van der Waals surface area (Å²) in [5, 5.41) is 0. The minimum Gasteiger partial charge on any atom is -0.300 e. The van der Waals surface area contributed by atoms with Crippen molar-refractivity contribution >= 4 is 0 Å².